The number of rotatable bonds is 5. The Bertz CT molecular complexity index is 1000. The first-order valence-corrected chi connectivity index (χ1v) is 8.88. The Kier molecular flexibility index (Phi) is 5.90. The van der Waals surface area contributed by atoms with Crippen molar-refractivity contribution in [3.8, 4) is 5.75 Å². The van der Waals surface area contributed by atoms with Gasteiger partial charge in [0, 0.05) is 5.02 Å². The third-order valence-electron chi connectivity index (χ3n) is 3.39. The van der Waals surface area contributed by atoms with E-state index in [1.165, 1.54) is 12.3 Å². The van der Waals surface area contributed by atoms with E-state index in [4.69, 9.17) is 16.3 Å². The number of carbonyl (C=O) groups excluding carboxylic acids is 2. The Hall–Kier alpha value is -3.10. The van der Waals surface area contributed by atoms with Crippen LogP contribution in [0.4, 0.5) is 0 Å². The van der Waals surface area contributed by atoms with E-state index in [1.807, 2.05) is 0 Å². The lowest BCUT2D eigenvalue weighted by molar-refractivity contribution is 0.0734. The van der Waals surface area contributed by atoms with E-state index in [1.54, 1.807) is 49.4 Å². The van der Waals surface area contributed by atoms with Crippen molar-refractivity contribution in [2.75, 3.05) is 0 Å². The van der Waals surface area contributed by atoms with Crippen LogP contribution in [0.5, 0.6) is 5.75 Å². The highest BCUT2D eigenvalue weighted by Crippen LogP contribution is 2.16. The number of aromatic nitrogens is 2. The molecule has 0 fully saturated rings. The van der Waals surface area contributed by atoms with Crippen molar-refractivity contribution in [3.63, 3.8) is 0 Å². The molecule has 0 saturated heterocycles. The Morgan fingerprint density at radius 3 is 2.67 bits per heavy atom. The van der Waals surface area contributed by atoms with Crippen molar-refractivity contribution in [2.45, 2.75) is 6.92 Å². The maximum absolute atomic E-state index is 12.1. The zero-order valence-electron chi connectivity index (χ0n) is 14.0. The molecule has 0 aliphatic rings. The Labute approximate surface area is 163 Å². The minimum Gasteiger partial charge on any atom is -0.423 e. The van der Waals surface area contributed by atoms with Gasteiger partial charge in [0.2, 0.25) is 0 Å². The lowest BCUT2D eigenvalue weighted by atomic mass is 10.2. The maximum Gasteiger partial charge on any atom is 0.343 e. The van der Waals surface area contributed by atoms with Gasteiger partial charge in [-0.15, -0.1) is 5.10 Å². The molecule has 2 aromatic carbocycles. The van der Waals surface area contributed by atoms with Gasteiger partial charge >= 0.3 is 5.97 Å². The molecule has 9 heteroatoms. The van der Waals surface area contributed by atoms with Gasteiger partial charge in [-0.3, -0.25) is 4.79 Å². The van der Waals surface area contributed by atoms with Crippen LogP contribution in [0.2, 0.25) is 5.02 Å². The van der Waals surface area contributed by atoms with E-state index >= 15 is 0 Å². The second kappa shape index (κ2) is 8.52. The van der Waals surface area contributed by atoms with Crippen LogP contribution in [0.1, 0.15) is 31.3 Å². The monoisotopic (exact) mass is 400 g/mol. The van der Waals surface area contributed by atoms with E-state index in [2.05, 4.69) is 20.1 Å². The fourth-order valence-electron chi connectivity index (χ4n) is 2.06. The topological polar surface area (TPSA) is 93.5 Å². The molecule has 3 rings (SSSR count). The molecule has 0 aliphatic heterocycles. The second-order valence-electron chi connectivity index (χ2n) is 5.36. The smallest absolute Gasteiger partial charge is 0.343 e. The summed E-state index contributed by atoms with van der Waals surface area (Å²) in [6, 6.07) is 13.2. The SMILES string of the molecule is Cc1nnsc1C(=O)N/N=C\c1ccc(OC(=O)c2cccc(Cl)c2)cc1. The number of hydrogen-bond acceptors (Lipinski definition) is 7. The van der Waals surface area contributed by atoms with Gasteiger partial charge in [0.05, 0.1) is 17.5 Å². The highest BCUT2D eigenvalue weighted by molar-refractivity contribution is 7.07. The molecule has 0 unspecified atom stereocenters. The minimum atomic E-state index is -0.500. The Morgan fingerprint density at radius 1 is 1.22 bits per heavy atom. The highest BCUT2D eigenvalue weighted by atomic mass is 35.5. The third kappa shape index (κ3) is 4.96. The van der Waals surface area contributed by atoms with E-state index in [9.17, 15) is 9.59 Å². The summed E-state index contributed by atoms with van der Waals surface area (Å²) < 4.78 is 8.99. The summed E-state index contributed by atoms with van der Waals surface area (Å²) in [6.45, 7) is 1.70. The summed E-state index contributed by atoms with van der Waals surface area (Å²) in [5.41, 5.74) is 4.05. The third-order valence-corrected chi connectivity index (χ3v) is 4.45. The molecular weight excluding hydrogens is 388 g/mol. The molecule has 1 aromatic heterocycles. The second-order valence-corrected chi connectivity index (χ2v) is 6.55. The number of hydrogen-bond donors (Lipinski definition) is 1. The van der Waals surface area contributed by atoms with Gasteiger partial charge in [0.1, 0.15) is 10.6 Å². The van der Waals surface area contributed by atoms with Gasteiger partial charge in [-0.25, -0.2) is 10.2 Å². The molecule has 3 aromatic rings. The van der Waals surface area contributed by atoms with Crippen molar-refractivity contribution >= 4 is 41.2 Å². The largest absolute Gasteiger partial charge is 0.423 e. The van der Waals surface area contributed by atoms with Crippen LogP contribution >= 0.6 is 23.1 Å². The fraction of sp³-hybridized carbons (Fsp3) is 0.0556. The van der Waals surface area contributed by atoms with E-state index in [-0.39, 0.29) is 5.91 Å². The number of amides is 1. The number of nitrogens with zero attached hydrogens (tertiary/aromatic N) is 3. The number of benzene rings is 2. The molecule has 0 radical (unpaired) electrons. The molecule has 0 spiro atoms. The first-order valence-electron chi connectivity index (χ1n) is 7.73. The summed E-state index contributed by atoms with van der Waals surface area (Å²) in [5.74, 6) is -0.488. The van der Waals surface area contributed by atoms with E-state index < -0.39 is 5.97 Å². The van der Waals surface area contributed by atoms with Gasteiger partial charge in [0.25, 0.3) is 5.91 Å². The molecule has 136 valence electrons. The molecule has 0 bridgehead atoms. The molecule has 1 amide bonds. The summed E-state index contributed by atoms with van der Waals surface area (Å²) in [5, 5.41) is 8.12. The average Bonchev–Trinajstić information content (AvgIpc) is 3.09. The molecular formula is C18H13ClN4O3S. The predicted molar refractivity (Wildman–Crippen MR) is 103 cm³/mol. The molecule has 27 heavy (non-hydrogen) atoms. The van der Waals surface area contributed by atoms with Gasteiger partial charge in [-0.05, 0) is 66.5 Å². The lowest BCUT2D eigenvalue weighted by Crippen LogP contribution is -2.17. The van der Waals surface area contributed by atoms with Crippen molar-refractivity contribution in [3.05, 3.63) is 75.3 Å². The molecule has 1 heterocycles. The van der Waals surface area contributed by atoms with Crippen LogP contribution in [-0.4, -0.2) is 27.7 Å². The number of carbonyl (C=O) groups is 2. The van der Waals surface area contributed by atoms with Gasteiger partial charge in [-0.1, -0.05) is 22.2 Å². The average molecular weight is 401 g/mol. The Balaban J connectivity index is 1.58. The van der Waals surface area contributed by atoms with Gasteiger partial charge < -0.3 is 4.74 Å². The lowest BCUT2D eigenvalue weighted by Gasteiger charge is -2.05. The molecule has 0 atom stereocenters. The Morgan fingerprint density at radius 2 is 2.00 bits per heavy atom. The van der Waals surface area contributed by atoms with Crippen molar-refractivity contribution in [2.24, 2.45) is 5.10 Å². The first-order chi connectivity index (χ1) is 13.0. The minimum absolute atomic E-state index is 0.365. The van der Waals surface area contributed by atoms with Crippen LogP contribution in [0.3, 0.4) is 0 Å². The number of aryl methyl sites for hydroxylation is 1. The normalized spacial score (nSPS) is 10.7. The standard InChI is InChI=1S/C18H13ClN4O3S/c1-11-16(27-23-21-11)17(24)22-20-10-12-5-7-15(8-6-12)26-18(25)13-3-2-4-14(19)9-13/h2-10H,1H3,(H,22,24)/b20-10-. The summed E-state index contributed by atoms with van der Waals surface area (Å²) in [7, 11) is 0. The fourth-order valence-corrected chi connectivity index (χ4v) is 2.80. The van der Waals surface area contributed by atoms with Crippen molar-refractivity contribution < 1.29 is 14.3 Å². The number of esters is 1. The molecule has 0 aliphatic carbocycles. The van der Waals surface area contributed by atoms with Gasteiger partial charge in [-0.2, -0.15) is 5.10 Å². The van der Waals surface area contributed by atoms with Crippen LogP contribution in [0.25, 0.3) is 0 Å². The van der Waals surface area contributed by atoms with E-state index in [0.717, 1.165) is 17.1 Å². The number of nitrogens with one attached hydrogen (secondary N) is 1. The highest BCUT2D eigenvalue weighted by Gasteiger charge is 2.12. The maximum atomic E-state index is 12.1. The van der Waals surface area contributed by atoms with Crippen LogP contribution in [0.15, 0.2) is 53.6 Å². The summed E-state index contributed by atoms with van der Waals surface area (Å²) in [6.07, 6.45) is 1.48. The number of hydrazone groups is 1. The van der Waals surface area contributed by atoms with Gasteiger partial charge in [0.15, 0.2) is 0 Å². The zero-order valence-corrected chi connectivity index (χ0v) is 15.6. The van der Waals surface area contributed by atoms with E-state index in [0.29, 0.717) is 26.9 Å². The van der Waals surface area contributed by atoms with Crippen molar-refractivity contribution in [1.29, 1.82) is 0 Å². The predicted octanol–water partition coefficient (Wildman–Crippen LogP) is 3.48. The molecule has 1 N–H and O–H groups in total. The number of halogens is 1. The summed E-state index contributed by atoms with van der Waals surface area (Å²) in [4.78, 5) is 24.4. The molecule has 0 saturated carbocycles. The summed E-state index contributed by atoms with van der Waals surface area (Å²) >= 11 is 6.87. The molecule has 7 nitrogen and oxygen atoms in total. The number of ether oxygens (including phenoxy) is 1. The van der Waals surface area contributed by atoms with Crippen LogP contribution < -0.4 is 10.2 Å². The zero-order chi connectivity index (χ0) is 19.2. The van der Waals surface area contributed by atoms with Crippen LogP contribution in [-0.2, 0) is 0 Å². The van der Waals surface area contributed by atoms with Crippen LogP contribution in [0, 0.1) is 6.92 Å². The van der Waals surface area contributed by atoms with Crippen molar-refractivity contribution in [1.82, 2.24) is 15.0 Å². The quantitative estimate of drug-likeness (QED) is 0.306. The first kappa shape index (κ1) is 18.7.